The molecule has 4 rings (SSSR count). The van der Waals surface area contributed by atoms with Crippen molar-refractivity contribution in [3.8, 4) is 5.75 Å². The average Bonchev–Trinajstić information content (AvgIpc) is 2.81. The lowest BCUT2D eigenvalue weighted by atomic mass is 9.55. The quantitative estimate of drug-likeness (QED) is 0.799. The van der Waals surface area contributed by atoms with Crippen LogP contribution in [0.15, 0.2) is 18.2 Å². The maximum Gasteiger partial charge on any atom is 0.446 e. The van der Waals surface area contributed by atoms with Crippen molar-refractivity contribution in [3.63, 3.8) is 0 Å². The largest absolute Gasteiger partial charge is 0.446 e. The molecule has 132 valence electrons. The van der Waals surface area contributed by atoms with Crippen molar-refractivity contribution in [2.45, 2.75) is 57.5 Å². The summed E-state index contributed by atoms with van der Waals surface area (Å²) in [5.74, 6) is 1.83. The predicted molar refractivity (Wildman–Crippen MR) is 89.2 cm³/mol. The summed E-state index contributed by atoms with van der Waals surface area (Å²) < 4.78 is 35.2. The normalized spacial score (nSPS) is 38.1. The summed E-state index contributed by atoms with van der Waals surface area (Å²) in [5, 5.41) is 10.4. The van der Waals surface area contributed by atoms with E-state index < -0.39 is 10.4 Å². The standard InChI is InChI=1S/C18H24O5S/c1-18-9-8-14-13-5-3-12(23-24(20,21)22)10-11(13)2-4-15(14)16(18)6-7-17(18)19/h3,5,10,14-17,19H,2,4,6-9H2,1H3,(H,20,21,22)/t14-,15-,16-,17+,18-/m0/s1. The van der Waals surface area contributed by atoms with Crippen LogP contribution in [0.4, 0.5) is 0 Å². The first kappa shape index (κ1) is 16.4. The molecule has 3 aliphatic rings. The summed E-state index contributed by atoms with van der Waals surface area (Å²) in [6, 6.07) is 5.34. The van der Waals surface area contributed by atoms with E-state index in [1.165, 1.54) is 5.56 Å². The van der Waals surface area contributed by atoms with E-state index in [1.54, 1.807) is 12.1 Å². The molecule has 0 heterocycles. The number of hydrogen-bond acceptors (Lipinski definition) is 4. The van der Waals surface area contributed by atoms with Gasteiger partial charge in [-0.05, 0) is 85.0 Å². The third-order valence-corrected chi connectivity index (χ3v) is 7.25. The Morgan fingerprint density at radius 2 is 2.00 bits per heavy atom. The van der Waals surface area contributed by atoms with Gasteiger partial charge in [-0.25, -0.2) is 0 Å². The van der Waals surface area contributed by atoms with Crippen LogP contribution < -0.4 is 4.18 Å². The van der Waals surface area contributed by atoms with Gasteiger partial charge in [-0.15, -0.1) is 0 Å². The Balaban J connectivity index is 1.63. The van der Waals surface area contributed by atoms with Crippen molar-refractivity contribution >= 4 is 10.4 Å². The maximum atomic E-state index is 10.9. The minimum absolute atomic E-state index is 0.0622. The molecule has 3 aliphatic carbocycles. The van der Waals surface area contributed by atoms with Gasteiger partial charge in [0.2, 0.25) is 0 Å². The molecule has 0 saturated heterocycles. The minimum atomic E-state index is -4.48. The molecule has 24 heavy (non-hydrogen) atoms. The highest BCUT2D eigenvalue weighted by Gasteiger charge is 2.54. The van der Waals surface area contributed by atoms with Gasteiger partial charge in [-0.2, -0.15) is 8.42 Å². The van der Waals surface area contributed by atoms with Crippen molar-refractivity contribution < 1.29 is 22.3 Å². The number of benzene rings is 1. The van der Waals surface area contributed by atoms with Gasteiger partial charge in [0.15, 0.2) is 0 Å². The fraction of sp³-hybridized carbons (Fsp3) is 0.667. The molecule has 0 aliphatic heterocycles. The molecular formula is C18H24O5S. The highest BCUT2D eigenvalue weighted by atomic mass is 32.3. The molecule has 0 amide bonds. The SMILES string of the molecule is C[C@]12CC[C@H]3c4ccc(OS(=O)(=O)O)cc4CC[C@@H]3[C@@H]1CC[C@H]2O. The molecule has 6 heteroatoms. The number of aliphatic hydroxyl groups excluding tert-OH is 1. The monoisotopic (exact) mass is 352 g/mol. The average molecular weight is 352 g/mol. The first-order valence-electron chi connectivity index (χ1n) is 8.76. The van der Waals surface area contributed by atoms with Crippen molar-refractivity contribution in [1.29, 1.82) is 0 Å². The smallest absolute Gasteiger partial charge is 0.393 e. The summed E-state index contributed by atoms with van der Waals surface area (Å²) in [4.78, 5) is 0. The summed E-state index contributed by atoms with van der Waals surface area (Å²) in [7, 11) is -4.48. The Kier molecular flexibility index (Phi) is 3.71. The van der Waals surface area contributed by atoms with Gasteiger partial charge < -0.3 is 9.29 Å². The Bertz CT molecular complexity index is 759. The lowest BCUT2D eigenvalue weighted by Crippen LogP contribution is -2.43. The van der Waals surface area contributed by atoms with Gasteiger partial charge in [0.25, 0.3) is 0 Å². The summed E-state index contributed by atoms with van der Waals surface area (Å²) >= 11 is 0. The van der Waals surface area contributed by atoms with Crippen LogP contribution in [0.5, 0.6) is 5.75 Å². The molecule has 2 fully saturated rings. The summed E-state index contributed by atoms with van der Waals surface area (Å²) in [5.41, 5.74) is 2.48. The molecular weight excluding hydrogens is 328 g/mol. The summed E-state index contributed by atoms with van der Waals surface area (Å²) in [6.07, 6.45) is 5.93. The van der Waals surface area contributed by atoms with Gasteiger partial charge in [-0.1, -0.05) is 13.0 Å². The first-order valence-corrected chi connectivity index (χ1v) is 10.1. The van der Waals surface area contributed by atoms with Crippen LogP contribution in [0, 0.1) is 17.3 Å². The zero-order chi connectivity index (χ0) is 17.1. The Hall–Kier alpha value is -1.11. The van der Waals surface area contributed by atoms with Crippen LogP contribution in [0.3, 0.4) is 0 Å². The zero-order valence-corrected chi connectivity index (χ0v) is 14.6. The van der Waals surface area contributed by atoms with Crippen LogP contribution in [0.1, 0.15) is 56.1 Å². The lowest BCUT2D eigenvalue weighted by molar-refractivity contribution is -0.0226. The number of aliphatic hydroxyl groups is 1. The second-order valence-electron chi connectivity index (χ2n) is 7.92. The number of fused-ring (bicyclic) bond motifs is 5. The molecule has 1 aromatic carbocycles. The van der Waals surface area contributed by atoms with Gasteiger partial charge in [-0.3, -0.25) is 4.55 Å². The fourth-order valence-electron chi connectivity index (χ4n) is 5.70. The van der Waals surface area contributed by atoms with Crippen molar-refractivity contribution in [2.75, 3.05) is 0 Å². The number of aryl methyl sites for hydroxylation is 1. The fourth-order valence-corrected chi connectivity index (χ4v) is 6.05. The molecule has 0 radical (unpaired) electrons. The maximum absolute atomic E-state index is 10.9. The Labute approximate surface area is 143 Å². The molecule has 1 aromatic rings. The minimum Gasteiger partial charge on any atom is -0.393 e. The molecule has 0 spiro atoms. The molecule has 0 unspecified atom stereocenters. The highest BCUT2D eigenvalue weighted by molar-refractivity contribution is 7.81. The van der Waals surface area contributed by atoms with Crippen molar-refractivity contribution in [1.82, 2.24) is 0 Å². The van der Waals surface area contributed by atoms with Crippen LogP contribution >= 0.6 is 0 Å². The molecule has 2 N–H and O–H groups in total. The summed E-state index contributed by atoms with van der Waals surface area (Å²) in [6.45, 7) is 2.25. The molecule has 2 saturated carbocycles. The van der Waals surface area contributed by atoms with Crippen LogP contribution in [-0.4, -0.2) is 24.2 Å². The highest BCUT2D eigenvalue weighted by Crippen LogP contribution is 2.60. The van der Waals surface area contributed by atoms with Crippen molar-refractivity contribution in [3.05, 3.63) is 29.3 Å². The molecule has 5 atom stereocenters. The predicted octanol–water partition coefficient (Wildman–Crippen LogP) is 3.09. The topological polar surface area (TPSA) is 83.8 Å². The number of hydrogen-bond donors (Lipinski definition) is 2. The molecule has 0 aromatic heterocycles. The van der Waals surface area contributed by atoms with Gasteiger partial charge in [0, 0.05) is 0 Å². The van der Waals surface area contributed by atoms with Crippen LogP contribution in [0.25, 0.3) is 0 Å². The van der Waals surface area contributed by atoms with E-state index in [0.29, 0.717) is 17.8 Å². The third-order valence-electron chi connectivity index (χ3n) is 6.85. The van der Waals surface area contributed by atoms with Gasteiger partial charge in [0.05, 0.1) is 6.10 Å². The third kappa shape index (κ3) is 2.55. The van der Waals surface area contributed by atoms with E-state index in [2.05, 4.69) is 11.1 Å². The second-order valence-corrected chi connectivity index (χ2v) is 8.95. The second kappa shape index (κ2) is 5.44. The van der Waals surface area contributed by atoms with E-state index in [1.807, 2.05) is 6.07 Å². The van der Waals surface area contributed by atoms with Crippen LogP contribution in [-0.2, 0) is 16.8 Å². The Morgan fingerprint density at radius 1 is 1.21 bits per heavy atom. The van der Waals surface area contributed by atoms with E-state index in [0.717, 1.165) is 44.1 Å². The van der Waals surface area contributed by atoms with E-state index in [4.69, 9.17) is 4.55 Å². The van der Waals surface area contributed by atoms with Gasteiger partial charge in [0.1, 0.15) is 5.75 Å². The first-order chi connectivity index (χ1) is 11.3. The van der Waals surface area contributed by atoms with E-state index in [9.17, 15) is 13.5 Å². The van der Waals surface area contributed by atoms with Crippen LogP contribution in [0.2, 0.25) is 0 Å². The zero-order valence-electron chi connectivity index (χ0n) is 13.8. The molecule has 0 bridgehead atoms. The van der Waals surface area contributed by atoms with Crippen molar-refractivity contribution in [2.24, 2.45) is 17.3 Å². The van der Waals surface area contributed by atoms with E-state index >= 15 is 0 Å². The molecule has 5 nitrogen and oxygen atoms in total. The van der Waals surface area contributed by atoms with E-state index in [-0.39, 0.29) is 17.3 Å². The Morgan fingerprint density at radius 3 is 2.75 bits per heavy atom. The number of rotatable bonds is 2. The van der Waals surface area contributed by atoms with Gasteiger partial charge >= 0.3 is 10.4 Å². The lowest BCUT2D eigenvalue weighted by Gasteiger charge is -2.50.